The quantitative estimate of drug-likeness (QED) is 0.447. The van der Waals surface area contributed by atoms with E-state index >= 15 is 0 Å². The van der Waals surface area contributed by atoms with E-state index in [2.05, 4.69) is 24.5 Å². The van der Waals surface area contributed by atoms with Crippen LogP contribution in [0.2, 0.25) is 0 Å². The van der Waals surface area contributed by atoms with Crippen LogP contribution in [0.15, 0.2) is 37.0 Å². The summed E-state index contributed by atoms with van der Waals surface area (Å²) < 4.78 is 4.17. The average molecular weight is 226 g/mol. The molecule has 0 rings (SSSR count). The second-order valence-electron chi connectivity index (χ2n) is 2.78. The van der Waals surface area contributed by atoms with Gasteiger partial charge in [-0.05, 0) is 13.8 Å². The highest BCUT2D eigenvalue weighted by Gasteiger charge is 2.06. The number of ether oxygens (including phenoxy) is 1. The predicted molar refractivity (Wildman–Crippen MR) is 58.6 cm³/mol. The van der Waals surface area contributed by atoms with E-state index in [0.717, 1.165) is 6.08 Å². The molecule has 0 aromatic rings. The molecular formula is C11H14O5. The molecule has 0 aliphatic rings. The molecule has 16 heavy (non-hydrogen) atoms. The summed E-state index contributed by atoms with van der Waals surface area (Å²) in [5, 5.41) is 7.89. The van der Waals surface area contributed by atoms with Crippen LogP contribution in [-0.2, 0) is 19.1 Å². The van der Waals surface area contributed by atoms with Crippen molar-refractivity contribution in [1.29, 1.82) is 0 Å². The highest BCUT2D eigenvalue weighted by Crippen LogP contribution is 1.92. The third kappa shape index (κ3) is 9.91. The number of rotatable bonds is 3. The lowest BCUT2D eigenvalue weighted by Gasteiger charge is -1.95. The maximum Gasteiger partial charge on any atom is 0.340 e. The molecular weight excluding hydrogens is 212 g/mol. The number of carbonyl (C=O) groups is 3. The fraction of sp³-hybridized carbons (Fsp3) is 0.182. The Bertz CT molecular complexity index is 326. The van der Waals surface area contributed by atoms with Gasteiger partial charge in [0.2, 0.25) is 0 Å². The topological polar surface area (TPSA) is 80.7 Å². The van der Waals surface area contributed by atoms with Gasteiger partial charge in [0.1, 0.15) is 0 Å². The highest BCUT2D eigenvalue weighted by atomic mass is 16.6. The zero-order valence-electron chi connectivity index (χ0n) is 9.28. The Hall–Kier alpha value is -2.17. The molecule has 0 fully saturated rings. The fourth-order valence-electron chi connectivity index (χ4n) is 0.220. The van der Waals surface area contributed by atoms with Crippen LogP contribution in [0.3, 0.4) is 0 Å². The van der Waals surface area contributed by atoms with Gasteiger partial charge in [0.25, 0.3) is 0 Å². The van der Waals surface area contributed by atoms with Crippen molar-refractivity contribution >= 4 is 17.9 Å². The number of esters is 2. The van der Waals surface area contributed by atoms with Gasteiger partial charge in [-0.1, -0.05) is 19.7 Å². The van der Waals surface area contributed by atoms with Crippen LogP contribution in [0, 0.1) is 0 Å². The van der Waals surface area contributed by atoms with Crippen molar-refractivity contribution in [3.8, 4) is 0 Å². The smallest absolute Gasteiger partial charge is 0.340 e. The third-order valence-corrected chi connectivity index (χ3v) is 1.07. The van der Waals surface area contributed by atoms with Crippen LogP contribution in [0.1, 0.15) is 13.8 Å². The second-order valence-corrected chi connectivity index (χ2v) is 2.78. The first-order chi connectivity index (χ1) is 7.22. The largest absolute Gasteiger partial charge is 0.478 e. The standard InChI is InChI=1S/C7H8O3.C4H6O2/c1-4-6(8)10-7(9)5(2)3;1-3(2)4(5)6/h4H,1-2H2,3H3;1H2,2H3,(H,5,6). The highest BCUT2D eigenvalue weighted by molar-refractivity contribution is 5.98. The lowest BCUT2D eigenvalue weighted by atomic mass is 10.4. The van der Waals surface area contributed by atoms with Gasteiger partial charge >= 0.3 is 17.9 Å². The normalized spacial score (nSPS) is 7.88. The van der Waals surface area contributed by atoms with Crippen LogP contribution in [0.5, 0.6) is 0 Å². The van der Waals surface area contributed by atoms with Crippen LogP contribution in [-0.4, -0.2) is 23.0 Å². The van der Waals surface area contributed by atoms with Gasteiger partial charge in [0.05, 0.1) is 0 Å². The minimum absolute atomic E-state index is 0.176. The minimum Gasteiger partial charge on any atom is -0.478 e. The molecule has 0 atom stereocenters. The molecule has 0 aliphatic heterocycles. The first-order valence-corrected chi connectivity index (χ1v) is 4.15. The molecule has 0 radical (unpaired) electrons. The van der Waals surface area contributed by atoms with E-state index in [4.69, 9.17) is 5.11 Å². The summed E-state index contributed by atoms with van der Waals surface area (Å²) >= 11 is 0. The molecule has 88 valence electrons. The first kappa shape index (κ1) is 16.3. The Morgan fingerprint density at radius 2 is 1.50 bits per heavy atom. The van der Waals surface area contributed by atoms with E-state index in [-0.39, 0.29) is 11.1 Å². The van der Waals surface area contributed by atoms with E-state index in [0.29, 0.717) is 0 Å². The summed E-state index contributed by atoms with van der Waals surface area (Å²) in [6.07, 6.45) is 0.918. The Morgan fingerprint density at radius 1 is 1.12 bits per heavy atom. The lowest BCUT2D eigenvalue weighted by Crippen LogP contribution is -2.09. The molecule has 1 N–H and O–H groups in total. The van der Waals surface area contributed by atoms with Crippen molar-refractivity contribution in [3.05, 3.63) is 37.0 Å². The molecule has 0 heterocycles. The number of carbonyl (C=O) groups excluding carboxylic acids is 2. The van der Waals surface area contributed by atoms with Crippen molar-refractivity contribution in [2.45, 2.75) is 13.8 Å². The Kier molecular flexibility index (Phi) is 8.30. The average Bonchev–Trinajstić information content (AvgIpc) is 2.18. The van der Waals surface area contributed by atoms with Crippen molar-refractivity contribution in [2.24, 2.45) is 0 Å². The molecule has 0 saturated carbocycles. The van der Waals surface area contributed by atoms with E-state index in [1.54, 1.807) is 0 Å². The number of carboxylic acids is 1. The van der Waals surface area contributed by atoms with E-state index in [1.807, 2.05) is 0 Å². The van der Waals surface area contributed by atoms with Gasteiger partial charge in [-0.15, -0.1) is 0 Å². The Morgan fingerprint density at radius 3 is 1.69 bits per heavy atom. The van der Waals surface area contributed by atoms with Crippen LogP contribution < -0.4 is 0 Å². The van der Waals surface area contributed by atoms with Crippen molar-refractivity contribution < 1.29 is 24.2 Å². The van der Waals surface area contributed by atoms with Gasteiger partial charge in [-0.25, -0.2) is 14.4 Å². The van der Waals surface area contributed by atoms with Gasteiger partial charge in [0.15, 0.2) is 0 Å². The number of carboxylic acid groups (broad SMARTS) is 1. The van der Waals surface area contributed by atoms with Crippen LogP contribution in [0.4, 0.5) is 0 Å². The van der Waals surface area contributed by atoms with Crippen LogP contribution in [0.25, 0.3) is 0 Å². The molecule has 0 amide bonds. The third-order valence-electron chi connectivity index (χ3n) is 1.07. The molecule has 0 aromatic carbocycles. The summed E-state index contributed by atoms with van der Waals surface area (Å²) in [4.78, 5) is 30.4. The van der Waals surface area contributed by atoms with E-state index < -0.39 is 17.9 Å². The zero-order valence-corrected chi connectivity index (χ0v) is 9.28. The minimum atomic E-state index is -0.935. The lowest BCUT2D eigenvalue weighted by molar-refractivity contribution is -0.153. The van der Waals surface area contributed by atoms with Crippen LogP contribution >= 0.6 is 0 Å². The molecule has 0 bridgehead atoms. The number of hydrogen-bond acceptors (Lipinski definition) is 4. The second kappa shape index (κ2) is 8.16. The maximum absolute atomic E-state index is 10.5. The number of hydrogen-bond donors (Lipinski definition) is 1. The van der Waals surface area contributed by atoms with E-state index in [1.165, 1.54) is 13.8 Å². The molecule has 5 heteroatoms. The van der Waals surface area contributed by atoms with E-state index in [9.17, 15) is 14.4 Å². The van der Waals surface area contributed by atoms with Crippen molar-refractivity contribution in [3.63, 3.8) is 0 Å². The molecule has 0 unspecified atom stereocenters. The van der Waals surface area contributed by atoms with Gasteiger partial charge in [0, 0.05) is 17.2 Å². The zero-order chi connectivity index (χ0) is 13.3. The van der Waals surface area contributed by atoms with Crippen molar-refractivity contribution in [2.75, 3.05) is 0 Å². The predicted octanol–water partition coefficient (Wildman–Crippen LogP) is 1.47. The summed E-state index contributed by atoms with van der Waals surface area (Å²) in [5.41, 5.74) is 0.366. The van der Waals surface area contributed by atoms with Gasteiger partial charge in [-0.2, -0.15) is 0 Å². The fourth-order valence-corrected chi connectivity index (χ4v) is 0.220. The number of aliphatic carboxylic acids is 1. The molecule has 0 aliphatic carbocycles. The van der Waals surface area contributed by atoms with Crippen molar-refractivity contribution in [1.82, 2.24) is 0 Å². The Labute approximate surface area is 93.7 Å². The maximum atomic E-state index is 10.5. The molecule has 0 saturated heterocycles. The van der Waals surface area contributed by atoms with Gasteiger partial charge < -0.3 is 9.84 Å². The SMILES string of the molecule is C=C(C)C(=O)O.C=CC(=O)OC(=O)C(=C)C. The summed E-state index contributed by atoms with van der Waals surface area (Å²) in [6.45, 7) is 12.5. The first-order valence-electron chi connectivity index (χ1n) is 4.15. The Balaban J connectivity index is 0. The summed E-state index contributed by atoms with van der Waals surface area (Å²) in [6, 6.07) is 0. The summed E-state index contributed by atoms with van der Waals surface area (Å²) in [5.74, 6) is -2.41. The van der Waals surface area contributed by atoms with Gasteiger partial charge in [-0.3, -0.25) is 0 Å². The molecule has 0 aromatic heterocycles. The summed E-state index contributed by atoms with van der Waals surface area (Å²) in [7, 11) is 0. The molecule has 0 spiro atoms. The molecule has 5 nitrogen and oxygen atoms in total. The monoisotopic (exact) mass is 226 g/mol.